The number of hydrogen-bond acceptors (Lipinski definition) is 4. The molecule has 0 amide bonds. The molecule has 3 N–H and O–H groups in total. The minimum Gasteiger partial charge on any atom is -0.462 e. The Morgan fingerprint density at radius 1 is 1.38 bits per heavy atom. The fourth-order valence-electron chi connectivity index (χ4n) is 1.73. The van der Waals surface area contributed by atoms with Gasteiger partial charge >= 0.3 is 5.97 Å². The Bertz CT molecular complexity index is 472. The van der Waals surface area contributed by atoms with E-state index >= 15 is 0 Å². The van der Waals surface area contributed by atoms with E-state index in [9.17, 15) is 4.79 Å². The summed E-state index contributed by atoms with van der Waals surface area (Å²) in [5, 5.41) is 3.03. The van der Waals surface area contributed by atoms with Crippen molar-refractivity contribution in [1.29, 1.82) is 0 Å². The summed E-state index contributed by atoms with van der Waals surface area (Å²) in [7, 11) is 1.64. The minimum atomic E-state index is -0.317. The molecule has 21 heavy (non-hydrogen) atoms. The largest absolute Gasteiger partial charge is 0.462 e. The van der Waals surface area contributed by atoms with Gasteiger partial charge in [0, 0.05) is 13.2 Å². The molecular formula is C15H23N3O3. The Morgan fingerprint density at radius 2 is 2.05 bits per heavy atom. The van der Waals surface area contributed by atoms with Crippen molar-refractivity contribution in [2.75, 3.05) is 20.3 Å². The molecule has 0 saturated heterocycles. The van der Waals surface area contributed by atoms with E-state index in [2.05, 4.69) is 10.3 Å². The molecule has 1 rings (SSSR count). The van der Waals surface area contributed by atoms with Gasteiger partial charge in [0.1, 0.15) is 0 Å². The maximum Gasteiger partial charge on any atom is 0.338 e. The van der Waals surface area contributed by atoms with Gasteiger partial charge in [-0.25, -0.2) is 9.79 Å². The van der Waals surface area contributed by atoms with Crippen LogP contribution >= 0.6 is 0 Å². The molecular weight excluding hydrogens is 270 g/mol. The summed E-state index contributed by atoms with van der Waals surface area (Å²) in [5.41, 5.74) is 7.28. The molecule has 0 radical (unpaired) electrons. The molecule has 0 heterocycles. The van der Waals surface area contributed by atoms with Crippen LogP contribution in [0.2, 0.25) is 0 Å². The van der Waals surface area contributed by atoms with Crippen LogP contribution in [0.5, 0.6) is 0 Å². The van der Waals surface area contributed by atoms with Gasteiger partial charge in [0.05, 0.1) is 25.3 Å². The second kappa shape index (κ2) is 8.97. The van der Waals surface area contributed by atoms with Crippen molar-refractivity contribution < 1.29 is 14.3 Å². The first-order valence-corrected chi connectivity index (χ1v) is 6.88. The van der Waals surface area contributed by atoms with E-state index in [1.54, 1.807) is 26.2 Å². The third kappa shape index (κ3) is 6.27. The summed E-state index contributed by atoms with van der Waals surface area (Å²) in [6.45, 7) is 5.11. The maximum atomic E-state index is 11.5. The fourth-order valence-corrected chi connectivity index (χ4v) is 1.73. The Kier molecular flexibility index (Phi) is 7.25. The SMILES string of the molecule is CCOC(=O)c1ccc(CN=C(N)NC(C)COC)cc1. The van der Waals surface area contributed by atoms with E-state index in [1.165, 1.54) is 0 Å². The molecule has 0 aliphatic carbocycles. The zero-order valence-electron chi connectivity index (χ0n) is 12.8. The molecule has 0 saturated carbocycles. The second-order valence-corrected chi connectivity index (χ2v) is 4.62. The van der Waals surface area contributed by atoms with E-state index in [-0.39, 0.29) is 12.0 Å². The van der Waals surface area contributed by atoms with Gasteiger partial charge in [-0.3, -0.25) is 0 Å². The number of benzene rings is 1. The van der Waals surface area contributed by atoms with E-state index < -0.39 is 0 Å². The molecule has 6 heteroatoms. The molecule has 0 bridgehead atoms. The van der Waals surface area contributed by atoms with Crippen LogP contribution in [-0.2, 0) is 16.0 Å². The number of carbonyl (C=O) groups is 1. The highest BCUT2D eigenvalue weighted by Gasteiger charge is 2.05. The van der Waals surface area contributed by atoms with Crippen LogP contribution in [0.1, 0.15) is 29.8 Å². The standard InChI is InChI=1S/C15H23N3O3/c1-4-21-14(19)13-7-5-12(6-8-13)9-17-15(16)18-11(2)10-20-3/h5-8,11H,4,9-10H2,1-3H3,(H3,16,17,18). The average molecular weight is 293 g/mol. The van der Waals surface area contributed by atoms with Crippen molar-refractivity contribution in [3.63, 3.8) is 0 Å². The number of methoxy groups -OCH3 is 1. The van der Waals surface area contributed by atoms with Crippen LogP contribution in [0.4, 0.5) is 0 Å². The van der Waals surface area contributed by atoms with Crippen LogP contribution in [0.15, 0.2) is 29.3 Å². The first-order chi connectivity index (χ1) is 10.1. The molecule has 0 fully saturated rings. The summed E-state index contributed by atoms with van der Waals surface area (Å²) in [6, 6.07) is 7.22. The lowest BCUT2D eigenvalue weighted by molar-refractivity contribution is 0.0526. The third-order valence-electron chi connectivity index (χ3n) is 2.71. The van der Waals surface area contributed by atoms with Crippen molar-refractivity contribution in [2.45, 2.75) is 26.4 Å². The van der Waals surface area contributed by atoms with Crippen LogP contribution in [0.25, 0.3) is 0 Å². The normalized spacial score (nSPS) is 12.8. The predicted octanol–water partition coefficient (Wildman–Crippen LogP) is 1.30. The number of esters is 1. The van der Waals surface area contributed by atoms with Crippen LogP contribution < -0.4 is 11.1 Å². The van der Waals surface area contributed by atoms with E-state index in [0.717, 1.165) is 5.56 Å². The lowest BCUT2D eigenvalue weighted by Gasteiger charge is -2.13. The number of aliphatic imine (C=N–C) groups is 1. The second-order valence-electron chi connectivity index (χ2n) is 4.62. The Balaban J connectivity index is 2.53. The highest BCUT2D eigenvalue weighted by Crippen LogP contribution is 2.07. The van der Waals surface area contributed by atoms with Crippen molar-refractivity contribution >= 4 is 11.9 Å². The Morgan fingerprint density at radius 3 is 2.62 bits per heavy atom. The van der Waals surface area contributed by atoms with Gasteiger partial charge < -0.3 is 20.5 Å². The summed E-state index contributed by atoms with van der Waals surface area (Å²) in [5.74, 6) is 0.0520. The highest BCUT2D eigenvalue weighted by molar-refractivity contribution is 5.89. The smallest absolute Gasteiger partial charge is 0.338 e. The quantitative estimate of drug-likeness (QED) is 0.449. The molecule has 1 atom stereocenters. The molecule has 1 aromatic rings. The molecule has 1 aromatic carbocycles. The lowest BCUT2D eigenvalue weighted by atomic mass is 10.1. The third-order valence-corrected chi connectivity index (χ3v) is 2.71. The van der Waals surface area contributed by atoms with Crippen molar-refractivity contribution in [3.8, 4) is 0 Å². The molecule has 0 aliphatic rings. The number of hydrogen-bond donors (Lipinski definition) is 2. The number of carbonyl (C=O) groups excluding carboxylic acids is 1. The van der Waals surface area contributed by atoms with Crippen LogP contribution in [0.3, 0.4) is 0 Å². The van der Waals surface area contributed by atoms with Crippen molar-refractivity contribution in [2.24, 2.45) is 10.7 Å². The lowest BCUT2D eigenvalue weighted by Crippen LogP contribution is -2.40. The Labute approximate surface area is 125 Å². The van der Waals surface area contributed by atoms with Gasteiger partial charge in [0.2, 0.25) is 0 Å². The van der Waals surface area contributed by atoms with E-state index in [0.29, 0.717) is 31.3 Å². The van der Waals surface area contributed by atoms with Gasteiger partial charge in [-0.1, -0.05) is 12.1 Å². The molecule has 6 nitrogen and oxygen atoms in total. The molecule has 0 spiro atoms. The van der Waals surface area contributed by atoms with Crippen molar-refractivity contribution in [3.05, 3.63) is 35.4 Å². The summed E-state index contributed by atoms with van der Waals surface area (Å²) >= 11 is 0. The van der Waals surface area contributed by atoms with Crippen molar-refractivity contribution in [1.82, 2.24) is 5.32 Å². The number of guanidine groups is 1. The molecule has 116 valence electrons. The predicted molar refractivity (Wildman–Crippen MR) is 82.2 cm³/mol. The maximum absolute atomic E-state index is 11.5. The van der Waals surface area contributed by atoms with Gasteiger partial charge in [-0.2, -0.15) is 0 Å². The zero-order chi connectivity index (χ0) is 15.7. The zero-order valence-corrected chi connectivity index (χ0v) is 12.8. The minimum absolute atomic E-state index is 0.102. The van der Waals surface area contributed by atoms with E-state index in [1.807, 2.05) is 19.1 Å². The fraction of sp³-hybridized carbons (Fsp3) is 0.467. The molecule has 0 aliphatic heterocycles. The van der Waals surface area contributed by atoms with Gasteiger partial charge in [0.25, 0.3) is 0 Å². The van der Waals surface area contributed by atoms with Crippen LogP contribution in [0, 0.1) is 0 Å². The molecule has 0 aromatic heterocycles. The Hall–Kier alpha value is -2.08. The topological polar surface area (TPSA) is 85.9 Å². The van der Waals surface area contributed by atoms with Crippen LogP contribution in [-0.4, -0.2) is 38.3 Å². The first kappa shape index (κ1) is 17.0. The number of nitrogens with two attached hydrogens (primary N) is 1. The number of nitrogens with zero attached hydrogens (tertiary/aromatic N) is 1. The summed E-state index contributed by atoms with van der Waals surface area (Å²) in [4.78, 5) is 15.8. The van der Waals surface area contributed by atoms with Gasteiger partial charge in [-0.15, -0.1) is 0 Å². The van der Waals surface area contributed by atoms with Gasteiger partial charge in [-0.05, 0) is 31.5 Å². The highest BCUT2D eigenvalue weighted by atomic mass is 16.5. The number of nitrogens with one attached hydrogen (secondary N) is 1. The van der Waals surface area contributed by atoms with E-state index in [4.69, 9.17) is 15.2 Å². The average Bonchev–Trinajstić information content (AvgIpc) is 2.46. The summed E-state index contributed by atoms with van der Waals surface area (Å²) < 4.78 is 9.93. The first-order valence-electron chi connectivity index (χ1n) is 6.88. The summed E-state index contributed by atoms with van der Waals surface area (Å²) in [6.07, 6.45) is 0. The monoisotopic (exact) mass is 293 g/mol. The molecule has 1 unspecified atom stereocenters. The number of ether oxygens (including phenoxy) is 2. The van der Waals surface area contributed by atoms with Gasteiger partial charge in [0.15, 0.2) is 5.96 Å². The number of rotatable bonds is 7.